The van der Waals surface area contributed by atoms with Gasteiger partial charge in [0, 0.05) is 12.1 Å². The van der Waals surface area contributed by atoms with Crippen LogP contribution >= 0.6 is 0 Å². The Morgan fingerprint density at radius 2 is 1.95 bits per heavy atom. The van der Waals surface area contributed by atoms with E-state index in [1.165, 1.54) is 31.2 Å². The largest absolute Gasteiger partial charge is 0.508 e. The molecule has 2 rings (SSSR count). The van der Waals surface area contributed by atoms with Crippen LogP contribution < -0.4 is 0 Å². The zero-order chi connectivity index (χ0) is 13.8. The SMILES string of the molecule is CCC(c1ccc(O)cc1)N(C)C1CCCC(C)C1. The summed E-state index contributed by atoms with van der Waals surface area (Å²) in [6, 6.07) is 8.90. The number of nitrogens with zero attached hydrogens (tertiary/aromatic N) is 1. The van der Waals surface area contributed by atoms with Gasteiger partial charge in [-0.25, -0.2) is 0 Å². The summed E-state index contributed by atoms with van der Waals surface area (Å²) in [6.07, 6.45) is 6.52. The maximum Gasteiger partial charge on any atom is 0.115 e. The van der Waals surface area contributed by atoms with E-state index in [1.54, 1.807) is 12.1 Å². The molecule has 0 heterocycles. The molecule has 0 amide bonds. The van der Waals surface area contributed by atoms with E-state index in [-0.39, 0.29) is 0 Å². The first-order chi connectivity index (χ1) is 9.11. The Kier molecular flexibility index (Phi) is 4.87. The van der Waals surface area contributed by atoms with Crippen LogP contribution in [-0.4, -0.2) is 23.1 Å². The van der Waals surface area contributed by atoms with Crippen LogP contribution in [-0.2, 0) is 0 Å². The van der Waals surface area contributed by atoms with Gasteiger partial charge in [-0.1, -0.05) is 38.8 Å². The average Bonchev–Trinajstić information content (AvgIpc) is 2.41. The van der Waals surface area contributed by atoms with Crippen LogP contribution in [0.3, 0.4) is 0 Å². The molecule has 1 aromatic rings. The maximum atomic E-state index is 9.42. The lowest BCUT2D eigenvalue weighted by atomic mass is 9.85. The molecule has 3 atom stereocenters. The van der Waals surface area contributed by atoms with E-state index >= 15 is 0 Å². The molecule has 1 aliphatic carbocycles. The fourth-order valence-corrected chi connectivity index (χ4v) is 3.48. The van der Waals surface area contributed by atoms with Crippen LogP contribution in [0.1, 0.15) is 57.6 Å². The molecule has 0 aliphatic heterocycles. The second kappa shape index (κ2) is 6.42. The number of rotatable bonds is 4. The highest BCUT2D eigenvalue weighted by Gasteiger charge is 2.27. The Bertz CT molecular complexity index is 387. The molecule has 0 bridgehead atoms. The van der Waals surface area contributed by atoms with E-state index < -0.39 is 0 Å². The van der Waals surface area contributed by atoms with E-state index in [4.69, 9.17) is 0 Å². The number of benzene rings is 1. The van der Waals surface area contributed by atoms with Crippen molar-refractivity contribution in [3.8, 4) is 5.75 Å². The third-order valence-electron chi connectivity index (χ3n) is 4.64. The van der Waals surface area contributed by atoms with Crippen molar-refractivity contribution in [1.29, 1.82) is 0 Å². The molecule has 3 unspecified atom stereocenters. The van der Waals surface area contributed by atoms with Crippen molar-refractivity contribution in [3.63, 3.8) is 0 Å². The molecular formula is C17H27NO. The first kappa shape index (κ1) is 14.4. The second-order valence-corrected chi connectivity index (χ2v) is 6.11. The van der Waals surface area contributed by atoms with Gasteiger partial charge in [0.1, 0.15) is 5.75 Å². The van der Waals surface area contributed by atoms with Crippen molar-refractivity contribution in [2.45, 2.75) is 58.0 Å². The smallest absolute Gasteiger partial charge is 0.115 e. The van der Waals surface area contributed by atoms with Crippen molar-refractivity contribution in [1.82, 2.24) is 4.90 Å². The Balaban J connectivity index is 2.09. The first-order valence-corrected chi connectivity index (χ1v) is 7.62. The van der Waals surface area contributed by atoms with Gasteiger partial charge in [0.2, 0.25) is 0 Å². The summed E-state index contributed by atoms with van der Waals surface area (Å²) in [7, 11) is 2.27. The Morgan fingerprint density at radius 3 is 2.53 bits per heavy atom. The fraction of sp³-hybridized carbons (Fsp3) is 0.647. The maximum absolute atomic E-state index is 9.42. The molecule has 1 aromatic carbocycles. The van der Waals surface area contributed by atoms with Crippen LogP contribution in [0.5, 0.6) is 5.75 Å². The lowest BCUT2D eigenvalue weighted by molar-refractivity contribution is 0.115. The molecule has 2 nitrogen and oxygen atoms in total. The summed E-state index contributed by atoms with van der Waals surface area (Å²) >= 11 is 0. The molecular weight excluding hydrogens is 234 g/mol. The highest BCUT2D eigenvalue weighted by molar-refractivity contribution is 5.28. The molecule has 19 heavy (non-hydrogen) atoms. The van der Waals surface area contributed by atoms with E-state index in [2.05, 4.69) is 37.9 Å². The normalized spacial score (nSPS) is 25.5. The summed E-state index contributed by atoms with van der Waals surface area (Å²) < 4.78 is 0. The predicted molar refractivity (Wildman–Crippen MR) is 80.3 cm³/mol. The Morgan fingerprint density at radius 1 is 1.26 bits per heavy atom. The van der Waals surface area contributed by atoms with E-state index in [0.29, 0.717) is 17.8 Å². The Labute approximate surface area is 117 Å². The molecule has 1 N–H and O–H groups in total. The van der Waals surface area contributed by atoms with Crippen molar-refractivity contribution >= 4 is 0 Å². The second-order valence-electron chi connectivity index (χ2n) is 6.11. The number of phenols is 1. The molecule has 106 valence electrons. The van der Waals surface area contributed by atoms with Crippen LogP contribution in [0.25, 0.3) is 0 Å². The number of phenolic OH excluding ortho intramolecular Hbond substituents is 1. The van der Waals surface area contributed by atoms with Crippen LogP contribution in [0, 0.1) is 5.92 Å². The van der Waals surface area contributed by atoms with Gasteiger partial charge in [-0.05, 0) is 49.9 Å². The molecule has 0 radical (unpaired) electrons. The van der Waals surface area contributed by atoms with Gasteiger partial charge in [0.15, 0.2) is 0 Å². The first-order valence-electron chi connectivity index (χ1n) is 7.62. The molecule has 1 saturated carbocycles. The van der Waals surface area contributed by atoms with Gasteiger partial charge >= 0.3 is 0 Å². The molecule has 1 aliphatic rings. The third-order valence-corrected chi connectivity index (χ3v) is 4.64. The van der Waals surface area contributed by atoms with Crippen molar-refractivity contribution in [3.05, 3.63) is 29.8 Å². The lowest BCUT2D eigenvalue weighted by Gasteiger charge is -2.39. The zero-order valence-corrected chi connectivity index (χ0v) is 12.5. The van der Waals surface area contributed by atoms with Crippen molar-refractivity contribution in [2.75, 3.05) is 7.05 Å². The van der Waals surface area contributed by atoms with E-state index in [0.717, 1.165) is 12.3 Å². The van der Waals surface area contributed by atoms with Crippen molar-refractivity contribution in [2.24, 2.45) is 5.92 Å². The Hall–Kier alpha value is -1.02. The zero-order valence-electron chi connectivity index (χ0n) is 12.5. The average molecular weight is 261 g/mol. The summed E-state index contributed by atoms with van der Waals surface area (Å²) in [4.78, 5) is 2.56. The van der Waals surface area contributed by atoms with E-state index in [9.17, 15) is 5.11 Å². The summed E-state index contributed by atoms with van der Waals surface area (Å²) in [6.45, 7) is 4.63. The molecule has 2 heteroatoms. The summed E-state index contributed by atoms with van der Waals surface area (Å²) in [5.74, 6) is 1.21. The summed E-state index contributed by atoms with van der Waals surface area (Å²) in [5.41, 5.74) is 1.32. The monoisotopic (exact) mass is 261 g/mol. The highest BCUT2D eigenvalue weighted by Crippen LogP contribution is 2.33. The fourth-order valence-electron chi connectivity index (χ4n) is 3.48. The van der Waals surface area contributed by atoms with Gasteiger partial charge in [-0.2, -0.15) is 0 Å². The number of hydrogen-bond donors (Lipinski definition) is 1. The van der Waals surface area contributed by atoms with Gasteiger partial charge in [-0.3, -0.25) is 4.90 Å². The van der Waals surface area contributed by atoms with Crippen molar-refractivity contribution < 1.29 is 5.11 Å². The summed E-state index contributed by atoms with van der Waals surface area (Å²) in [5, 5.41) is 9.42. The van der Waals surface area contributed by atoms with Crippen LogP contribution in [0.2, 0.25) is 0 Å². The van der Waals surface area contributed by atoms with Gasteiger partial charge in [0.05, 0.1) is 0 Å². The molecule has 0 aromatic heterocycles. The highest BCUT2D eigenvalue weighted by atomic mass is 16.3. The van der Waals surface area contributed by atoms with Gasteiger partial charge in [-0.15, -0.1) is 0 Å². The molecule has 1 fully saturated rings. The third kappa shape index (κ3) is 3.50. The minimum Gasteiger partial charge on any atom is -0.508 e. The minimum atomic E-state index is 0.354. The topological polar surface area (TPSA) is 23.5 Å². The minimum absolute atomic E-state index is 0.354. The molecule has 0 spiro atoms. The number of hydrogen-bond acceptors (Lipinski definition) is 2. The molecule has 0 saturated heterocycles. The van der Waals surface area contributed by atoms with Crippen LogP contribution in [0.15, 0.2) is 24.3 Å². The predicted octanol–water partition coefficient (Wildman–Crippen LogP) is 4.35. The van der Waals surface area contributed by atoms with E-state index in [1.807, 2.05) is 0 Å². The lowest BCUT2D eigenvalue weighted by Crippen LogP contribution is -2.38. The number of aromatic hydroxyl groups is 1. The standard InChI is InChI=1S/C17H27NO/c1-4-17(14-8-10-16(19)11-9-14)18(3)15-7-5-6-13(2)12-15/h8-11,13,15,17,19H,4-7,12H2,1-3H3. The quantitative estimate of drug-likeness (QED) is 0.870. The van der Waals surface area contributed by atoms with Gasteiger partial charge < -0.3 is 5.11 Å². The van der Waals surface area contributed by atoms with Crippen LogP contribution in [0.4, 0.5) is 0 Å². The van der Waals surface area contributed by atoms with Gasteiger partial charge in [0.25, 0.3) is 0 Å².